The molecule has 0 aliphatic heterocycles. The van der Waals surface area contributed by atoms with Gasteiger partial charge in [-0.1, -0.05) is 38.1 Å². The molecule has 2 rings (SSSR count). The Hall–Kier alpha value is -1.67. The van der Waals surface area contributed by atoms with Crippen molar-refractivity contribution in [2.45, 2.75) is 33.2 Å². The third kappa shape index (κ3) is 3.07. The monoisotopic (exact) mass is 271 g/mol. The first kappa shape index (κ1) is 14.7. The van der Waals surface area contributed by atoms with Crippen LogP contribution in [0.25, 0.3) is 11.1 Å². The largest absolute Gasteiger partial charge is 0.316 e. The zero-order valence-electron chi connectivity index (χ0n) is 12.5. The molecule has 1 nitrogen and oxygen atoms in total. The first-order valence-electron chi connectivity index (χ1n) is 7.24. The van der Waals surface area contributed by atoms with E-state index in [-0.39, 0.29) is 5.82 Å². The second kappa shape index (κ2) is 6.67. The van der Waals surface area contributed by atoms with Crippen LogP contribution in [-0.4, -0.2) is 7.05 Å². The summed E-state index contributed by atoms with van der Waals surface area (Å²) in [6.45, 7) is 5.05. The molecule has 20 heavy (non-hydrogen) atoms. The molecule has 0 spiro atoms. The van der Waals surface area contributed by atoms with E-state index >= 15 is 0 Å². The number of benzene rings is 2. The van der Waals surface area contributed by atoms with Gasteiger partial charge in [0.1, 0.15) is 5.82 Å². The maximum Gasteiger partial charge on any atom is 0.131 e. The van der Waals surface area contributed by atoms with Crippen molar-refractivity contribution in [1.82, 2.24) is 5.32 Å². The van der Waals surface area contributed by atoms with Gasteiger partial charge in [-0.15, -0.1) is 0 Å². The van der Waals surface area contributed by atoms with Crippen molar-refractivity contribution in [3.8, 4) is 11.1 Å². The molecule has 0 aromatic heterocycles. The lowest BCUT2D eigenvalue weighted by Gasteiger charge is -2.11. The summed E-state index contributed by atoms with van der Waals surface area (Å²) in [5, 5.41) is 3.10. The fourth-order valence-corrected chi connectivity index (χ4v) is 2.58. The molecule has 2 heteroatoms. The second-order valence-electron chi connectivity index (χ2n) is 5.04. The van der Waals surface area contributed by atoms with Gasteiger partial charge in [0.2, 0.25) is 0 Å². The smallest absolute Gasteiger partial charge is 0.131 e. The lowest BCUT2D eigenvalue weighted by atomic mass is 9.95. The maximum absolute atomic E-state index is 14.1. The quantitative estimate of drug-likeness (QED) is 0.853. The van der Waals surface area contributed by atoms with Gasteiger partial charge in [-0.3, -0.25) is 0 Å². The standard InChI is InChI=1S/C18H22FN/c1-4-14-7-8-16(11-15(14)5-2)17-10-13(12-20-3)6-9-18(17)19/h6-11,20H,4-5,12H2,1-3H3. The van der Waals surface area contributed by atoms with E-state index in [9.17, 15) is 4.39 Å². The highest BCUT2D eigenvalue weighted by molar-refractivity contribution is 5.66. The molecule has 0 saturated carbocycles. The van der Waals surface area contributed by atoms with Gasteiger partial charge in [-0.2, -0.15) is 0 Å². The Labute approximate surface area is 120 Å². The van der Waals surface area contributed by atoms with Crippen molar-refractivity contribution < 1.29 is 4.39 Å². The maximum atomic E-state index is 14.1. The molecule has 0 heterocycles. The van der Waals surface area contributed by atoms with Crippen LogP contribution in [0.2, 0.25) is 0 Å². The number of halogens is 1. The van der Waals surface area contributed by atoms with Crippen molar-refractivity contribution in [2.75, 3.05) is 7.05 Å². The molecule has 2 aromatic carbocycles. The summed E-state index contributed by atoms with van der Waals surface area (Å²) in [7, 11) is 1.90. The summed E-state index contributed by atoms with van der Waals surface area (Å²) in [6, 6.07) is 11.6. The molecule has 0 amide bonds. The Morgan fingerprint density at radius 2 is 1.70 bits per heavy atom. The SMILES string of the molecule is CCc1ccc(-c2cc(CNC)ccc2F)cc1CC. The van der Waals surface area contributed by atoms with Gasteiger partial charge >= 0.3 is 0 Å². The minimum Gasteiger partial charge on any atom is -0.316 e. The topological polar surface area (TPSA) is 12.0 Å². The van der Waals surface area contributed by atoms with Gasteiger partial charge < -0.3 is 5.32 Å². The minimum absolute atomic E-state index is 0.156. The van der Waals surface area contributed by atoms with E-state index in [1.165, 1.54) is 11.1 Å². The van der Waals surface area contributed by atoms with E-state index in [1.54, 1.807) is 6.07 Å². The van der Waals surface area contributed by atoms with Gasteiger partial charge in [-0.05, 0) is 54.3 Å². The van der Waals surface area contributed by atoms with Crippen molar-refractivity contribution in [3.05, 3.63) is 58.9 Å². The number of rotatable bonds is 5. The molecule has 0 aliphatic rings. The molecule has 0 radical (unpaired) electrons. The van der Waals surface area contributed by atoms with Gasteiger partial charge in [0.05, 0.1) is 0 Å². The predicted octanol–water partition coefficient (Wildman–Crippen LogP) is 4.34. The van der Waals surface area contributed by atoms with Gasteiger partial charge in [0.25, 0.3) is 0 Å². The van der Waals surface area contributed by atoms with Crippen LogP contribution in [0.3, 0.4) is 0 Å². The van der Waals surface area contributed by atoms with Gasteiger partial charge in [-0.25, -0.2) is 4.39 Å². The molecule has 0 aliphatic carbocycles. The normalized spacial score (nSPS) is 10.8. The highest BCUT2D eigenvalue weighted by atomic mass is 19.1. The van der Waals surface area contributed by atoms with Crippen molar-refractivity contribution in [1.29, 1.82) is 0 Å². The Balaban J connectivity index is 2.47. The molecule has 0 bridgehead atoms. The Morgan fingerprint density at radius 1 is 0.950 bits per heavy atom. The number of aryl methyl sites for hydroxylation is 2. The van der Waals surface area contributed by atoms with E-state index in [1.807, 2.05) is 25.2 Å². The van der Waals surface area contributed by atoms with E-state index in [0.29, 0.717) is 5.56 Å². The molecular formula is C18H22FN. The Kier molecular flexibility index (Phi) is 4.91. The summed E-state index contributed by atoms with van der Waals surface area (Å²) in [5.41, 5.74) is 5.41. The fourth-order valence-electron chi connectivity index (χ4n) is 2.58. The fraction of sp³-hybridized carbons (Fsp3) is 0.333. The third-order valence-corrected chi connectivity index (χ3v) is 3.69. The number of hydrogen-bond acceptors (Lipinski definition) is 1. The van der Waals surface area contributed by atoms with E-state index in [0.717, 1.165) is 30.5 Å². The van der Waals surface area contributed by atoms with Crippen LogP contribution < -0.4 is 5.32 Å². The van der Waals surface area contributed by atoms with Crippen molar-refractivity contribution >= 4 is 0 Å². The molecule has 1 N–H and O–H groups in total. The number of hydrogen-bond donors (Lipinski definition) is 1. The summed E-state index contributed by atoms with van der Waals surface area (Å²) >= 11 is 0. The van der Waals surface area contributed by atoms with Crippen LogP contribution in [-0.2, 0) is 19.4 Å². The average molecular weight is 271 g/mol. The first-order chi connectivity index (χ1) is 9.69. The summed E-state index contributed by atoms with van der Waals surface area (Å²) in [5.74, 6) is -0.156. The summed E-state index contributed by atoms with van der Waals surface area (Å²) in [6.07, 6.45) is 2.00. The molecule has 0 atom stereocenters. The highest BCUT2D eigenvalue weighted by Crippen LogP contribution is 2.27. The molecule has 106 valence electrons. The summed E-state index contributed by atoms with van der Waals surface area (Å²) in [4.78, 5) is 0. The Morgan fingerprint density at radius 3 is 2.35 bits per heavy atom. The molecule has 2 aromatic rings. The minimum atomic E-state index is -0.156. The van der Waals surface area contributed by atoms with Gasteiger partial charge in [0.15, 0.2) is 0 Å². The van der Waals surface area contributed by atoms with Gasteiger partial charge in [0, 0.05) is 12.1 Å². The lowest BCUT2D eigenvalue weighted by Crippen LogP contribution is -2.05. The van der Waals surface area contributed by atoms with Crippen LogP contribution >= 0.6 is 0 Å². The zero-order chi connectivity index (χ0) is 14.5. The lowest BCUT2D eigenvalue weighted by molar-refractivity contribution is 0.630. The van der Waals surface area contributed by atoms with E-state index in [2.05, 4.69) is 31.3 Å². The second-order valence-corrected chi connectivity index (χ2v) is 5.04. The molecular weight excluding hydrogens is 249 g/mol. The zero-order valence-corrected chi connectivity index (χ0v) is 12.5. The summed E-state index contributed by atoms with van der Waals surface area (Å²) < 4.78 is 14.1. The average Bonchev–Trinajstić information content (AvgIpc) is 2.48. The third-order valence-electron chi connectivity index (χ3n) is 3.69. The predicted molar refractivity (Wildman–Crippen MR) is 83.4 cm³/mol. The van der Waals surface area contributed by atoms with E-state index < -0.39 is 0 Å². The van der Waals surface area contributed by atoms with Crippen LogP contribution in [0.5, 0.6) is 0 Å². The molecule has 0 fully saturated rings. The first-order valence-corrected chi connectivity index (χ1v) is 7.24. The molecule has 0 saturated heterocycles. The van der Waals surface area contributed by atoms with E-state index in [4.69, 9.17) is 0 Å². The van der Waals surface area contributed by atoms with Crippen LogP contribution in [0.1, 0.15) is 30.5 Å². The van der Waals surface area contributed by atoms with Crippen LogP contribution in [0.15, 0.2) is 36.4 Å². The Bertz CT molecular complexity index is 590. The highest BCUT2D eigenvalue weighted by Gasteiger charge is 2.08. The van der Waals surface area contributed by atoms with Crippen molar-refractivity contribution in [3.63, 3.8) is 0 Å². The number of nitrogens with one attached hydrogen (secondary N) is 1. The van der Waals surface area contributed by atoms with Crippen LogP contribution in [0.4, 0.5) is 4.39 Å². The van der Waals surface area contributed by atoms with Crippen LogP contribution in [0, 0.1) is 5.82 Å². The van der Waals surface area contributed by atoms with Crippen molar-refractivity contribution in [2.24, 2.45) is 0 Å². The molecule has 0 unspecified atom stereocenters.